The normalized spacial score (nSPS) is 22.9. The van der Waals surface area contributed by atoms with Gasteiger partial charge in [0, 0.05) is 25.0 Å². The van der Waals surface area contributed by atoms with Crippen LogP contribution < -0.4 is 4.74 Å². The Kier molecular flexibility index (Phi) is 4.86. The minimum Gasteiger partial charge on any atom is -0.472 e. The van der Waals surface area contributed by atoms with E-state index in [1.54, 1.807) is 36.9 Å². The molecule has 3 aromatic heterocycles. The minimum absolute atomic E-state index is 0.0149. The van der Waals surface area contributed by atoms with Crippen molar-refractivity contribution in [3.8, 4) is 11.7 Å². The van der Waals surface area contributed by atoms with E-state index in [0.717, 1.165) is 31.4 Å². The summed E-state index contributed by atoms with van der Waals surface area (Å²) in [7, 11) is 0. The van der Waals surface area contributed by atoms with Gasteiger partial charge in [0.1, 0.15) is 6.10 Å². The van der Waals surface area contributed by atoms with Crippen molar-refractivity contribution in [2.24, 2.45) is 5.92 Å². The highest BCUT2D eigenvalue weighted by Crippen LogP contribution is 2.38. The number of pyridine rings is 2. The van der Waals surface area contributed by atoms with Gasteiger partial charge in [0.05, 0.1) is 29.0 Å². The summed E-state index contributed by atoms with van der Waals surface area (Å²) in [6.45, 7) is 2.64. The fraction of sp³-hybridized carbons (Fsp3) is 0.381. The van der Waals surface area contributed by atoms with Crippen LogP contribution in [-0.4, -0.2) is 54.5 Å². The van der Waals surface area contributed by atoms with Gasteiger partial charge in [-0.2, -0.15) is 10.2 Å². The topological polar surface area (TPSA) is 86.0 Å². The van der Waals surface area contributed by atoms with Gasteiger partial charge in [0.2, 0.25) is 5.88 Å². The molecular formula is C21H21ClN6O2. The highest BCUT2D eigenvalue weighted by atomic mass is 35.5. The van der Waals surface area contributed by atoms with Gasteiger partial charge in [-0.05, 0) is 49.8 Å². The summed E-state index contributed by atoms with van der Waals surface area (Å²) in [5, 5.41) is 8.88. The van der Waals surface area contributed by atoms with Crippen LogP contribution in [0.1, 0.15) is 35.2 Å². The molecule has 1 saturated carbocycles. The molecule has 2 saturated heterocycles. The fourth-order valence-electron chi connectivity index (χ4n) is 4.44. The summed E-state index contributed by atoms with van der Waals surface area (Å²) in [6, 6.07) is 5.37. The van der Waals surface area contributed by atoms with Crippen molar-refractivity contribution < 1.29 is 9.53 Å². The molecule has 1 amide bonds. The first-order chi connectivity index (χ1) is 14.6. The number of hydrogen-bond donors (Lipinski definition) is 0. The summed E-state index contributed by atoms with van der Waals surface area (Å²) < 4.78 is 6.18. The Morgan fingerprint density at radius 3 is 2.73 bits per heavy atom. The summed E-state index contributed by atoms with van der Waals surface area (Å²) in [6.07, 6.45) is 9.25. The molecule has 0 N–H and O–H groups in total. The zero-order valence-electron chi connectivity index (χ0n) is 16.5. The summed E-state index contributed by atoms with van der Waals surface area (Å²) >= 11 is 5.93. The average molecular weight is 425 g/mol. The van der Waals surface area contributed by atoms with Crippen LogP contribution in [0.25, 0.3) is 5.82 Å². The van der Waals surface area contributed by atoms with Crippen molar-refractivity contribution in [2.75, 3.05) is 6.54 Å². The van der Waals surface area contributed by atoms with Gasteiger partial charge >= 0.3 is 0 Å². The molecule has 0 aromatic carbocycles. The van der Waals surface area contributed by atoms with Gasteiger partial charge in [-0.15, -0.1) is 4.80 Å². The van der Waals surface area contributed by atoms with E-state index in [-0.39, 0.29) is 18.1 Å². The van der Waals surface area contributed by atoms with Crippen LogP contribution >= 0.6 is 11.6 Å². The Balaban J connectivity index is 1.44. The first kappa shape index (κ1) is 19.0. The third-order valence-electron chi connectivity index (χ3n) is 5.80. The van der Waals surface area contributed by atoms with Crippen molar-refractivity contribution in [3.05, 3.63) is 59.1 Å². The third kappa shape index (κ3) is 3.52. The molecule has 6 rings (SSSR count). The highest BCUT2D eigenvalue weighted by Gasteiger charge is 2.45. The summed E-state index contributed by atoms with van der Waals surface area (Å²) in [5.74, 6) is 1.31. The number of carbonyl (C=O) groups is 1. The largest absolute Gasteiger partial charge is 0.472 e. The van der Waals surface area contributed by atoms with Crippen molar-refractivity contribution >= 4 is 17.5 Å². The Hall–Kier alpha value is -3.00. The van der Waals surface area contributed by atoms with Gasteiger partial charge < -0.3 is 9.64 Å². The van der Waals surface area contributed by atoms with Crippen LogP contribution in [0.5, 0.6) is 5.88 Å². The van der Waals surface area contributed by atoms with Crippen molar-refractivity contribution in [1.29, 1.82) is 0 Å². The first-order valence-corrected chi connectivity index (χ1v) is 10.4. The number of hydrogen-bond acceptors (Lipinski definition) is 6. The molecule has 0 radical (unpaired) electrons. The molecule has 0 spiro atoms. The smallest absolute Gasteiger partial charge is 0.258 e. The Labute approximate surface area is 178 Å². The predicted molar refractivity (Wildman–Crippen MR) is 110 cm³/mol. The molecule has 154 valence electrons. The zero-order chi connectivity index (χ0) is 20.7. The van der Waals surface area contributed by atoms with Crippen molar-refractivity contribution in [3.63, 3.8) is 0 Å². The van der Waals surface area contributed by atoms with Crippen molar-refractivity contribution in [2.45, 2.75) is 38.3 Å². The maximum atomic E-state index is 13.6. The molecule has 8 nitrogen and oxygen atoms in total. The molecule has 30 heavy (non-hydrogen) atoms. The third-order valence-corrected chi connectivity index (χ3v) is 6.02. The Morgan fingerprint density at radius 2 is 2.00 bits per heavy atom. The predicted octanol–water partition coefficient (Wildman–Crippen LogP) is 3.09. The van der Waals surface area contributed by atoms with Crippen LogP contribution in [0, 0.1) is 12.8 Å². The molecule has 1 aliphatic carbocycles. The van der Waals surface area contributed by atoms with Gasteiger partial charge in [-0.25, -0.2) is 9.97 Å². The molecule has 2 bridgehead atoms. The quantitative estimate of drug-likeness (QED) is 0.639. The number of ether oxygens (including phenoxy) is 1. The summed E-state index contributed by atoms with van der Waals surface area (Å²) in [5.41, 5.74) is 1.41. The molecule has 9 heteroatoms. The minimum atomic E-state index is -0.0980. The molecule has 3 aromatic rings. The van der Waals surface area contributed by atoms with E-state index in [1.807, 2.05) is 17.9 Å². The number of piperidine rings is 2. The number of aryl methyl sites for hydroxylation is 1. The van der Waals surface area contributed by atoms with E-state index in [9.17, 15) is 4.79 Å². The number of rotatable bonds is 4. The number of nitrogens with zero attached hydrogens (tertiary/aromatic N) is 6. The number of carbonyl (C=O) groups excluding carboxylic acids is 1. The van der Waals surface area contributed by atoms with Crippen LogP contribution in [0.3, 0.4) is 0 Å². The molecule has 3 aliphatic rings. The van der Waals surface area contributed by atoms with Crippen LogP contribution in [-0.2, 0) is 0 Å². The second-order valence-electron chi connectivity index (χ2n) is 7.88. The van der Waals surface area contributed by atoms with Gasteiger partial charge in [-0.1, -0.05) is 11.6 Å². The number of halogens is 1. The SMILES string of the molecule is Cc1cnc(-n2nccn2)c(C(=O)N2CC3CCC2C(Oc2ccc(Cl)cn2)C3)c1. The first-order valence-electron chi connectivity index (χ1n) is 10.0. The summed E-state index contributed by atoms with van der Waals surface area (Å²) in [4.78, 5) is 25.6. The molecule has 3 fully saturated rings. The lowest BCUT2D eigenvalue weighted by Gasteiger charge is -2.49. The van der Waals surface area contributed by atoms with Gasteiger partial charge in [0.15, 0.2) is 5.82 Å². The van der Waals surface area contributed by atoms with E-state index in [2.05, 4.69) is 20.2 Å². The lowest BCUT2D eigenvalue weighted by molar-refractivity contribution is -0.0313. The lowest BCUT2D eigenvalue weighted by atomic mass is 9.77. The fourth-order valence-corrected chi connectivity index (χ4v) is 4.55. The van der Waals surface area contributed by atoms with Gasteiger partial charge in [0.25, 0.3) is 5.91 Å². The number of fused-ring (bicyclic) bond motifs is 3. The standard InChI is InChI=1S/C21H21ClN6O2/c1-13-8-16(20(24-10-13)28-25-6-7-26-28)21(29)27-12-14-2-4-17(27)18(9-14)30-19-5-3-15(22)11-23-19/h3,5-8,10-11,14,17-18H,2,4,9,12H2,1H3. The van der Waals surface area contributed by atoms with E-state index in [0.29, 0.717) is 28.2 Å². The van der Waals surface area contributed by atoms with Gasteiger partial charge in [-0.3, -0.25) is 4.79 Å². The highest BCUT2D eigenvalue weighted by molar-refractivity contribution is 6.30. The van der Waals surface area contributed by atoms with Crippen LogP contribution in [0.15, 0.2) is 43.0 Å². The van der Waals surface area contributed by atoms with E-state index in [1.165, 1.54) is 4.80 Å². The Morgan fingerprint density at radius 1 is 1.17 bits per heavy atom. The Bertz CT molecular complexity index is 1060. The number of amides is 1. The van der Waals surface area contributed by atoms with Crippen LogP contribution in [0.4, 0.5) is 0 Å². The lowest BCUT2D eigenvalue weighted by Crippen LogP contribution is -2.59. The van der Waals surface area contributed by atoms with E-state index >= 15 is 0 Å². The molecular weight excluding hydrogens is 404 g/mol. The zero-order valence-corrected chi connectivity index (χ0v) is 17.2. The average Bonchev–Trinajstić information content (AvgIpc) is 3.30. The molecule has 2 aliphatic heterocycles. The van der Waals surface area contributed by atoms with E-state index in [4.69, 9.17) is 16.3 Å². The van der Waals surface area contributed by atoms with E-state index < -0.39 is 0 Å². The molecule has 3 unspecified atom stereocenters. The second kappa shape index (κ2) is 7.68. The van der Waals surface area contributed by atoms with Crippen molar-refractivity contribution in [1.82, 2.24) is 29.9 Å². The number of aromatic nitrogens is 5. The maximum absolute atomic E-state index is 13.6. The molecule has 5 heterocycles. The monoisotopic (exact) mass is 424 g/mol. The second-order valence-corrected chi connectivity index (χ2v) is 8.31. The maximum Gasteiger partial charge on any atom is 0.258 e. The molecule has 3 atom stereocenters. The van der Waals surface area contributed by atoms with Crippen LogP contribution in [0.2, 0.25) is 5.02 Å².